The Bertz CT molecular complexity index is 1000. The second-order valence-corrected chi connectivity index (χ2v) is 10.1. The van der Waals surface area contributed by atoms with Crippen molar-refractivity contribution < 1.29 is 105 Å². The van der Waals surface area contributed by atoms with Gasteiger partial charge in [-0.25, -0.2) is 17.6 Å². The summed E-state index contributed by atoms with van der Waals surface area (Å²) in [5.74, 6) is -76.6. The monoisotopic (exact) mass is 728 g/mol. The van der Waals surface area contributed by atoms with Crippen molar-refractivity contribution in [2.75, 3.05) is 0 Å². The van der Waals surface area contributed by atoms with Crippen LogP contribution in [0, 0.1) is 0 Å². The van der Waals surface area contributed by atoms with Gasteiger partial charge in [0.05, 0.1) is 0 Å². The van der Waals surface area contributed by atoms with Crippen LogP contribution >= 0.6 is 0 Å². The first-order valence-electron chi connectivity index (χ1n) is 11.3. The van der Waals surface area contributed by atoms with Gasteiger partial charge in [-0.2, -0.15) is 87.8 Å². The molecule has 0 aromatic heterocycles. The fourth-order valence-electron chi connectivity index (χ4n) is 3.54. The molecule has 0 saturated heterocycles. The molecule has 0 saturated carbocycles. The normalized spacial score (nSPS) is 17.5. The Kier molecular flexibility index (Phi) is 11.6. The molecule has 0 N–H and O–H groups in total. The average molecular weight is 728 g/mol. The Balaban J connectivity index is 6.75. The zero-order valence-corrected chi connectivity index (χ0v) is 21.9. The molecule has 0 radical (unpaired) electrons. The van der Waals surface area contributed by atoms with Crippen LogP contribution < -0.4 is 0 Å². The van der Waals surface area contributed by atoms with Crippen molar-refractivity contribution in [3.05, 3.63) is 5.32 Å². The van der Waals surface area contributed by atoms with Crippen LogP contribution in [0.2, 0.25) is 0 Å². The molecule has 1 atom stereocenters. The molecule has 0 amide bonds. The lowest BCUT2D eigenvalue weighted by molar-refractivity contribution is -0.415. The van der Waals surface area contributed by atoms with E-state index in [-0.39, 0.29) is 6.92 Å². The lowest BCUT2D eigenvalue weighted by Gasteiger charge is -2.51. The van der Waals surface area contributed by atoms with Gasteiger partial charge in [0.2, 0.25) is 0 Å². The van der Waals surface area contributed by atoms with Gasteiger partial charge in [0.25, 0.3) is 0 Å². The predicted octanol–water partition coefficient (Wildman–Crippen LogP) is 10.6. The highest BCUT2D eigenvalue weighted by atomic mass is 19.4. The molecule has 272 valence electrons. The van der Waals surface area contributed by atoms with E-state index in [0.717, 1.165) is 0 Å². The molecule has 0 heterocycles. The van der Waals surface area contributed by atoms with E-state index in [1.807, 2.05) is 0 Å². The summed E-state index contributed by atoms with van der Waals surface area (Å²) in [6.07, 6.45) is -21.0. The molecule has 25 heteroatoms. The van der Waals surface area contributed by atoms with Gasteiger partial charge in [-0.1, -0.05) is 27.2 Å². The average Bonchev–Trinajstić information content (AvgIpc) is 2.80. The van der Waals surface area contributed by atoms with Crippen LogP contribution in [0.15, 0.2) is 0 Å². The molecule has 0 bridgehead atoms. The van der Waals surface area contributed by atoms with Crippen LogP contribution in [0.1, 0.15) is 40.0 Å². The van der Waals surface area contributed by atoms with E-state index in [0.29, 0.717) is 13.8 Å². The van der Waals surface area contributed by atoms with Gasteiger partial charge in [-0.3, -0.25) is 0 Å². The third-order valence-electron chi connectivity index (χ3n) is 6.03. The number of hydrogen-bond donors (Lipinski definition) is 0. The van der Waals surface area contributed by atoms with Gasteiger partial charge in [-0.15, -0.1) is 11.6 Å². The molecule has 0 aromatic carbocycles. The summed E-state index contributed by atoms with van der Waals surface area (Å²) in [4.78, 5) is 0. The Labute approximate surface area is 235 Å². The number of hydrogen-bond acceptors (Lipinski definition) is 0. The van der Waals surface area contributed by atoms with Crippen LogP contribution in [0.5, 0.6) is 0 Å². The van der Waals surface area contributed by atoms with Crippen molar-refractivity contribution in [1.29, 1.82) is 0 Å². The maximum Gasteiger partial charge on any atom is 0.384 e. The van der Waals surface area contributed by atoms with Crippen LogP contribution in [0.4, 0.5) is 105 Å². The zero-order valence-electron chi connectivity index (χ0n) is 21.9. The van der Waals surface area contributed by atoms with Gasteiger partial charge in [-0.05, 0) is 0 Å². The van der Waals surface area contributed by atoms with E-state index >= 15 is 0 Å². The Morgan fingerprint density at radius 2 is 0.711 bits per heavy atom. The molecule has 45 heavy (non-hydrogen) atoms. The molecule has 0 fully saturated rings. The quantitative estimate of drug-likeness (QED) is 0.133. The van der Waals surface area contributed by atoms with Gasteiger partial charge >= 0.3 is 72.1 Å². The summed E-state index contributed by atoms with van der Waals surface area (Å²) in [5, 5.41) is 2.94. The highest BCUT2D eigenvalue weighted by molar-refractivity contribution is 5.16. The Morgan fingerprint density at radius 1 is 0.422 bits per heavy atom. The minimum absolute atomic E-state index is 0.160. The lowest BCUT2D eigenvalue weighted by Crippen LogP contribution is -2.69. The molecule has 0 aliphatic carbocycles. The largest absolute Gasteiger partial charge is 0.654 e. The second kappa shape index (κ2) is 12.1. The summed E-state index contributed by atoms with van der Waals surface area (Å²) < 4.78 is 322. The maximum atomic E-state index is 14.4. The van der Waals surface area contributed by atoms with Crippen molar-refractivity contribution in [3.63, 3.8) is 0 Å². The molecular formula is C20H18F24N-. The minimum atomic E-state index is -8.14. The molecule has 0 rings (SSSR count). The lowest BCUT2D eigenvalue weighted by atomic mass is 9.81. The molecule has 0 aliphatic rings. The number of nitrogens with zero attached hydrogens (tertiary/aromatic N) is 1. The second-order valence-electron chi connectivity index (χ2n) is 10.1. The van der Waals surface area contributed by atoms with E-state index in [9.17, 15) is 105 Å². The first-order valence-corrected chi connectivity index (χ1v) is 11.3. The standard InChI is InChI=1S/C20H18F24N/c1-7(2)45-10(3,6-12(27,28)16(35,36)20(43,44)18(39,40)14(31,32)9(23)24)4-5-11(25,26)15(33,34)19(41,42)17(37,38)13(29,30)8(21)22/h7-9H,4-6H2,1-3H3/q-1. The summed E-state index contributed by atoms with van der Waals surface area (Å²) in [6.45, 7) is 1.22. The molecule has 0 aliphatic heterocycles. The van der Waals surface area contributed by atoms with E-state index in [4.69, 9.17) is 0 Å². The van der Waals surface area contributed by atoms with Crippen molar-refractivity contribution >= 4 is 0 Å². The topological polar surface area (TPSA) is 14.1 Å². The third-order valence-corrected chi connectivity index (χ3v) is 6.03. The van der Waals surface area contributed by atoms with Crippen molar-refractivity contribution in [2.45, 2.75) is 124 Å². The number of rotatable bonds is 17. The van der Waals surface area contributed by atoms with E-state index in [1.165, 1.54) is 0 Å². The highest BCUT2D eigenvalue weighted by Gasteiger charge is 2.89. The van der Waals surface area contributed by atoms with Crippen molar-refractivity contribution in [2.24, 2.45) is 0 Å². The van der Waals surface area contributed by atoms with E-state index < -0.39 is 103 Å². The minimum Gasteiger partial charge on any atom is -0.654 e. The fraction of sp³-hybridized carbons (Fsp3) is 1.00. The van der Waals surface area contributed by atoms with Crippen LogP contribution in [-0.2, 0) is 0 Å². The van der Waals surface area contributed by atoms with E-state index in [2.05, 4.69) is 5.32 Å². The van der Waals surface area contributed by atoms with Gasteiger partial charge in [0.1, 0.15) is 0 Å². The summed E-state index contributed by atoms with van der Waals surface area (Å²) >= 11 is 0. The SMILES string of the molecule is CC(C)[N-]C(C)(CCC(F)(F)C(F)(F)C(F)(F)C(F)(F)C(F)(F)C(F)F)CC(F)(F)C(F)(F)C(F)(F)C(F)(F)C(F)(F)C(F)F. The third kappa shape index (κ3) is 6.82. The van der Waals surface area contributed by atoms with Crippen LogP contribution in [0.3, 0.4) is 0 Å². The Morgan fingerprint density at radius 3 is 0.978 bits per heavy atom. The summed E-state index contributed by atoms with van der Waals surface area (Å²) in [6, 6.07) is -1.70. The van der Waals surface area contributed by atoms with Crippen LogP contribution in [0.25, 0.3) is 5.32 Å². The molecule has 1 unspecified atom stereocenters. The van der Waals surface area contributed by atoms with Crippen LogP contribution in [-0.4, -0.2) is 83.7 Å². The number of halogens is 24. The molecule has 0 aromatic rings. The highest BCUT2D eigenvalue weighted by Crippen LogP contribution is 2.62. The van der Waals surface area contributed by atoms with E-state index in [1.54, 1.807) is 0 Å². The predicted molar refractivity (Wildman–Crippen MR) is 102 cm³/mol. The zero-order chi connectivity index (χ0) is 37.1. The molecule has 1 nitrogen and oxygen atoms in total. The van der Waals surface area contributed by atoms with Gasteiger partial charge in [0, 0.05) is 12.8 Å². The number of alkyl halides is 24. The van der Waals surface area contributed by atoms with Gasteiger partial charge < -0.3 is 5.32 Å². The first-order chi connectivity index (χ1) is 19.2. The molecule has 0 spiro atoms. The first kappa shape index (κ1) is 43.3. The smallest absolute Gasteiger partial charge is 0.384 e. The Hall–Kier alpha value is -1.72. The molecular weight excluding hydrogens is 710 g/mol. The summed E-state index contributed by atoms with van der Waals surface area (Å²) in [7, 11) is 0. The summed E-state index contributed by atoms with van der Waals surface area (Å²) in [5.41, 5.74) is -3.75. The van der Waals surface area contributed by atoms with Crippen molar-refractivity contribution in [3.8, 4) is 0 Å². The maximum absolute atomic E-state index is 14.4. The van der Waals surface area contributed by atoms with Gasteiger partial charge in [0.15, 0.2) is 0 Å². The van der Waals surface area contributed by atoms with Crippen molar-refractivity contribution in [1.82, 2.24) is 0 Å². The fourth-order valence-corrected chi connectivity index (χ4v) is 3.54.